The van der Waals surface area contributed by atoms with Gasteiger partial charge in [0.15, 0.2) is 9.84 Å². The molecule has 1 aromatic rings. The van der Waals surface area contributed by atoms with Crippen LogP contribution in [-0.2, 0) is 14.6 Å². The first-order valence-corrected chi connectivity index (χ1v) is 7.91. The molecule has 0 radical (unpaired) electrons. The average molecular weight is 284 g/mol. The van der Waals surface area contributed by atoms with Gasteiger partial charge >= 0.3 is 5.97 Å². The SMILES string of the molecule is CCOC(=O)c1cncc(NC2CCS(=O)(=O)C2)c1. The van der Waals surface area contributed by atoms with E-state index in [9.17, 15) is 13.2 Å². The second-order valence-electron chi connectivity index (χ2n) is 4.43. The summed E-state index contributed by atoms with van der Waals surface area (Å²) in [4.78, 5) is 15.5. The maximum absolute atomic E-state index is 11.6. The lowest BCUT2D eigenvalue weighted by Crippen LogP contribution is -2.20. The third-order valence-corrected chi connectivity index (χ3v) is 4.62. The first-order valence-electron chi connectivity index (χ1n) is 6.09. The predicted octanol–water partition coefficient (Wildman–Crippen LogP) is 0.857. The van der Waals surface area contributed by atoms with Crippen molar-refractivity contribution in [3.05, 3.63) is 24.0 Å². The maximum Gasteiger partial charge on any atom is 0.339 e. The monoisotopic (exact) mass is 284 g/mol. The van der Waals surface area contributed by atoms with Gasteiger partial charge in [-0.1, -0.05) is 0 Å². The summed E-state index contributed by atoms with van der Waals surface area (Å²) in [6.07, 6.45) is 3.56. The van der Waals surface area contributed by atoms with E-state index in [0.29, 0.717) is 24.3 Å². The molecule has 0 spiro atoms. The van der Waals surface area contributed by atoms with Crippen LogP contribution in [0.4, 0.5) is 5.69 Å². The first kappa shape index (κ1) is 13.8. The normalized spacial score (nSPS) is 21.0. The quantitative estimate of drug-likeness (QED) is 0.825. The molecule has 0 aliphatic carbocycles. The maximum atomic E-state index is 11.6. The van der Waals surface area contributed by atoms with Gasteiger partial charge in [0, 0.05) is 18.4 Å². The Morgan fingerprint density at radius 2 is 2.32 bits per heavy atom. The lowest BCUT2D eigenvalue weighted by atomic mass is 10.2. The standard InChI is InChI=1S/C12H16N2O4S/c1-2-18-12(15)9-5-11(7-13-6-9)14-10-3-4-19(16,17)8-10/h5-7,10,14H,2-4,8H2,1H3. The van der Waals surface area contributed by atoms with Gasteiger partial charge in [0.2, 0.25) is 0 Å². The summed E-state index contributed by atoms with van der Waals surface area (Å²) in [5.74, 6) is -0.107. The molecule has 0 bridgehead atoms. The lowest BCUT2D eigenvalue weighted by Gasteiger charge is -2.12. The fraction of sp³-hybridized carbons (Fsp3) is 0.500. The van der Waals surface area contributed by atoms with Crippen LogP contribution in [0.2, 0.25) is 0 Å². The van der Waals surface area contributed by atoms with E-state index >= 15 is 0 Å². The molecule has 1 N–H and O–H groups in total. The predicted molar refractivity (Wildman–Crippen MR) is 70.9 cm³/mol. The van der Waals surface area contributed by atoms with Crippen LogP contribution >= 0.6 is 0 Å². The highest BCUT2D eigenvalue weighted by atomic mass is 32.2. The minimum absolute atomic E-state index is 0.121. The molecular formula is C12H16N2O4S. The number of carbonyl (C=O) groups excluding carboxylic acids is 1. The Kier molecular flexibility index (Phi) is 4.04. The molecule has 19 heavy (non-hydrogen) atoms. The number of rotatable bonds is 4. The number of carbonyl (C=O) groups is 1. The number of hydrogen-bond donors (Lipinski definition) is 1. The first-order chi connectivity index (χ1) is 9.00. The van der Waals surface area contributed by atoms with Crippen LogP contribution in [0.3, 0.4) is 0 Å². The molecule has 1 aliphatic rings. The molecule has 6 nitrogen and oxygen atoms in total. The van der Waals surface area contributed by atoms with Crippen molar-refractivity contribution in [1.82, 2.24) is 4.98 Å². The van der Waals surface area contributed by atoms with Gasteiger partial charge < -0.3 is 10.1 Å². The number of hydrogen-bond acceptors (Lipinski definition) is 6. The third kappa shape index (κ3) is 3.66. The average Bonchev–Trinajstić information content (AvgIpc) is 2.69. The number of ether oxygens (including phenoxy) is 1. The van der Waals surface area contributed by atoms with Gasteiger partial charge in [-0.15, -0.1) is 0 Å². The van der Waals surface area contributed by atoms with Gasteiger partial charge in [-0.2, -0.15) is 0 Å². The van der Waals surface area contributed by atoms with E-state index in [4.69, 9.17) is 4.74 Å². The fourth-order valence-corrected chi connectivity index (χ4v) is 3.66. The number of pyridine rings is 1. The molecule has 2 heterocycles. The van der Waals surface area contributed by atoms with Crippen LogP contribution < -0.4 is 5.32 Å². The zero-order valence-corrected chi connectivity index (χ0v) is 11.4. The molecular weight excluding hydrogens is 268 g/mol. The summed E-state index contributed by atoms with van der Waals surface area (Å²) >= 11 is 0. The highest BCUT2D eigenvalue weighted by Crippen LogP contribution is 2.18. The van der Waals surface area contributed by atoms with E-state index in [2.05, 4.69) is 10.3 Å². The number of nitrogens with one attached hydrogen (secondary N) is 1. The number of sulfone groups is 1. The molecule has 7 heteroatoms. The fourth-order valence-electron chi connectivity index (χ4n) is 1.99. The molecule has 0 saturated carbocycles. The van der Waals surface area contributed by atoms with E-state index in [1.54, 1.807) is 19.2 Å². The van der Waals surface area contributed by atoms with Crippen molar-refractivity contribution < 1.29 is 17.9 Å². The summed E-state index contributed by atoms with van der Waals surface area (Å²) < 4.78 is 27.6. The lowest BCUT2D eigenvalue weighted by molar-refractivity contribution is 0.0526. The number of aromatic nitrogens is 1. The molecule has 1 saturated heterocycles. The highest BCUT2D eigenvalue weighted by Gasteiger charge is 2.27. The second kappa shape index (κ2) is 5.56. The van der Waals surface area contributed by atoms with Crippen molar-refractivity contribution in [3.8, 4) is 0 Å². The van der Waals surface area contributed by atoms with E-state index in [1.807, 2.05) is 0 Å². The largest absolute Gasteiger partial charge is 0.462 e. The van der Waals surface area contributed by atoms with Crippen LogP contribution in [-0.4, -0.2) is 43.5 Å². The molecule has 2 rings (SSSR count). The Balaban J connectivity index is 2.05. The van der Waals surface area contributed by atoms with E-state index in [-0.39, 0.29) is 17.5 Å². The Morgan fingerprint density at radius 3 is 2.95 bits per heavy atom. The van der Waals surface area contributed by atoms with Crippen molar-refractivity contribution in [1.29, 1.82) is 0 Å². The molecule has 0 amide bonds. The van der Waals surface area contributed by atoms with Crippen molar-refractivity contribution in [2.45, 2.75) is 19.4 Å². The van der Waals surface area contributed by atoms with Gasteiger partial charge in [0.1, 0.15) is 0 Å². The van der Waals surface area contributed by atoms with Crippen LogP contribution in [0.25, 0.3) is 0 Å². The van der Waals surface area contributed by atoms with Crippen LogP contribution in [0.1, 0.15) is 23.7 Å². The van der Waals surface area contributed by atoms with Crippen molar-refractivity contribution in [3.63, 3.8) is 0 Å². The zero-order valence-electron chi connectivity index (χ0n) is 10.6. The van der Waals surface area contributed by atoms with Crippen LogP contribution in [0.5, 0.6) is 0 Å². The van der Waals surface area contributed by atoms with E-state index in [0.717, 1.165) is 0 Å². The smallest absolute Gasteiger partial charge is 0.339 e. The topological polar surface area (TPSA) is 85.4 Å². The molecule has 1 unspecified atom stereocenters. The summed E-state index contributed by atoms with van der Waals surface area (Å²) in [5.41, 5.74) is 0.986. The minimum atomic E-state index is -2.93. The molecule has 0 aromatic carbocycles. The van der Waals surface area contributed by atoms with Gasteiger partial charge in [0.25, 0.3) is 0 Å². The Labute approximate surface area is 112 Å². The Bertz CT molecular complexity index is 571. The van der Waals surface area contributed by atoms with E-state index in [1.165, 1.54) is 6.20 Å². The summed E-state index contributed by atoms with van der Waals surface area (Å²) in [6.45, 7) is 2.04. The molecule has 1 aromatic heterocycles. The molecule has 104 valence electrons. The minimum Gasteiger partial charge on any atom is -0.462 e. The number of esters is 1. The molecule has 1 atom stereocenters. The number of anilines is 1. The Hall–Kier alpha value is -1.63. The summed E-state index contributed by atoms with van der Waals surface area (Å²) in [7, 11) is -2.93. The molecule has 1 fully saturated rings. The van der Waals surface area contributed by atoms with Crippen molar-refractivity contribution >= 4 is 21.5 Å². The highest BCUT2D eigenvalue weighted by molar-refractivity contribution is 7.91. The zero-order chi connectivity index (χ0) is 13.9. The van der Waals surface area contributed by atoms with E-state index < -0.39 is 15.8 Å². The van der Waals surface area contributed by atoms with Gasteiger partial charge in [0.05, 0.1) is 29.4 Å². The van der Waals surface area contributed by atoms with Gasteiger partial charge in [-0.3, -0.25) is 4.98 Å². The summed E-state index contributed by atoms with van der Waals surface area (Å²) in [5, 5.41) is 3.08. The van der Waals surface area contributed by atoms with Crippen LogP contribution in [0.15, 0.2) is 18.5 Å². The summed E-state index contributed by atoms with van der Waals surface area (Å²) in [6, 6.07) is 1.50. The van der Waals surface area contributed by atoms with Gasteiger partial charge in [-0.05, 0) is 19.4 Å². The van der Waals surface area contributed by atoms with Crippen molar-refractivity contribution in [2.75, 3.05) is 23.4 Å². The Morgan fingerprint density at radius 1 is 1.53 bits per heavy atom. The molecule has 1 aliphatic heterocycles. The van der Waals surface area contributed by atoms with Gasteiger partial charge in [-0.25, -0.2) is 13.2 Å². The third-order valence-electron chi connectivity index (χ3n) is 2.85. The van der Waals surface area contributed by atoms with Crippen LogP contribution in [0, 0.1) is 0 Å². The second-order valence-corrected chi connectivity index (χ2v) is 6.66. The number of nitrogens with zero attached hydrogens (tertiary/aromatic N) is 1. The van der Waals surface area contributed by atoms with Crippen molar-refractivity contribution in [2.24, 2.45) is 0 Å².